The maximum Gasteiger partial charge on any atom is 0.306 e. The number of aliphatic hydroxyl groups is 1. The molecule has 0 unspecified atom stereocenters. The number of esters is 2. The van der Waals surface area contributed by atoms with Gasteiger partial charge in [0, 0.05) is 26.3 Å². The Morgan fingerprint density at radius 2 is 1.00 bits per heavy atom. The minimum atomic E-state index is -0.781. The Balaban J connectivity index is 3.54. The van der Waals surface area contributed by atoms with Crippen LogP contribution < -0.4 is 5.32 Å². The van der Waals surface area contributed by atoms with Crippen LogP contribution in [0.3, 0.4) is 0 Å². The Morgan fingerprint density at radius 3 is 1.43 bits per heavy atom. The van der Waals surface area contributed by atoms with E-state index >= 15 is 0 Å². The third-order valence-electron chi connectivity index (χ3n) is 7.35. The summed E-state index contributed by atoms with van der Waals surface area (Å²) in [6.07, 6.45) is 26.1. The Kier molecular flexibility index (Phi) is 29.1. The predicted molar refractivity (Wildman–Crippen MR) is 163 cm³/mol. The topological polar surface area (TPSA) is 102 Å². The molecular weight excluding hydrogens is 506 g/mol. The van der Waals surface area contributed by atoms with E-state index in [9.17, 15) is 19.5 Å². The first kappa shape index (κ1) is 38.4. The first-order valence-electron chi connectivity index (χ1n) is 16.7. The zero-order valence-electron chi connectivity index (χ0n) is 26.2. The van der Waals surface area contributed by atoms with Gasteiger partial charge in [-0.3, -0.25) is 14.4 Å². The molecule has 0 saturated heterocycles. The first-order valence-corrected chi connectivity index (χ1v) is 16.7. The van der Waals surface area contributed by atoms with Crippen LogP contribution in [0, 0.1) is 0 Å². The molecule has 0 aromatic heterocycles. The lowest BCUT2D eigenvalue weighted by atomic mass is 10.0. The van der Waals surface area contributed by atoms with Crippen molar-refractivity contribution in [2.45, 2.75) is 174 Å². The third-order valence-corrected chi connectivity index (χ3v) is 7.35. The van der Waals surface area contributed by atoms with Crippen molar-refractivity contribution in [3.63, 3.8) is 0 Å². The van der Waals surface area contributed by atoms with Crippen molar-refractivity contribution in [2.75, 3.05) is 19.8 Å². The van der Waals surface area contributed by atoms with Crippen LogP contribution in [-0.4, -0.2) is 48.8 Å². The van der Waals surface area contributed by atoms with Gasteiger partial charge in [-0.1, -0.05) is 129 Å². The number of carbonyl (C=O) groups is 3. The van der Waals surface area contributed by atoms with Gasteiger partial charge in [0.25, 0.3) is 0 Å². The molecule has 0 bridgehead atoms. The lowest BCUT2D eigenvalue weighted by Crippen LogP contribution is -2.28. The van der Waals surface area contributed by atoms with Gasteiger partial charge < -0.3 is 19.9 Å². The second-order valence-electron chi connectivity index (χ2n) is 11.4. The van der Waals surface area contributed by atoms with Crippen LogP contribution in [0.15, 0.2) is 0 Å². The average molecular weight is 570 g/mol. The van der Waals surface area contributed by atoms with Gasteiger partial charge >= 0.3 is 11.9 Å². The fourth-order valence-corrected chi connectivity index (χ4v) is 4.81. The molecule has 7 nitrogen and oxygen atoms in total. The molecule has 0 aliphatic carbocycles. The van der Waals surface area contributed by atoms with Crippen molar-refractivity contribution in [3.8, 4) is 0 Å². The summed E-state index contributed by atoms with van der Waals surface area (Å²) in [7, 11) is 0. The van der Waals surface area contributed by atoms with E-state index in [0.29, 0.717) is 12.8 Å². The molecule has 7 heteroatoms. The zero-order valence-corrected chi connectivity index (χ0v) is 26.2. The molecule has 1 atom stereocenters. The molecular formula is C33H63NO6. The van der Waals surface area contributed by atoms with Crippen LogP contribution in [0.4, 0.5) is 0 Å². The summed E-state index contributed by atoms with van der Waals surface area (Å²) >= 11 is 0. The first-order chi connectivity index (χ1) is 19.5. The van der Waals surface area contributed by atoms with Crippen LogP contribution in [-0.2, 0) is 23.9 Å². The van der Waals surface area contributed by atoms with Crippen LogP contribution in [0.25, 0.3) is 0 Å². The summed E-state index contributed by atoms with van der Waals surface area (Å²) in [5.74, 6) is -0.591. The maximum absolute atomic E-state index is 12.1. The Bertz CT molecular complexity index is 597. The Morgan fingerprint density at radius 1 is 0.600 bits per heavy atom. The second-order valence-corrected chi connectivity index (χ2v) is 11.4. The number of aliphatic hydroxyl groups excluding tert-OH is 1. The van der Waals surface area contributed by atoms with Crippen molar-refractivity contribution in [3.05, 3.63) is 0 Å². The lowest BCUT2D eigenvalue weighted by molar-refractivity contribution is -0.161. The molecule has 1 amide bonds. The summed E-state index contributed by atoms with van der Waals surface area (Å²) in [4.78, 5) is 34.9. The number of hydrogen-bond donors (Lipinski definition) is 2. The number of amides is 1. The summed E-state index contributed by atoms with van der Waals surface area (Å²) in [5.41, 5.74) is 0. The third kappa shape index (κ3) is 29.4. The number of unbranched alkanes of at least 4 members (excludes halogenated alkanes) is 20. The van der Waals surface area contributed by atoms with Gasteiger partial charge in [-0.15, -0.1) is 0 Å². The summed E-state index contributed by atoms with van der Waals surface area (Å²) in [6.45, 7) is 4.15. The fraction of sp³-hybridized carbons (Fsp3) is 0.909. The average Bonchev–Trinajstić information content (AvgIpc) is 2.93. The monoisotopic (exact) mass is 569 g/mol. The molecule has 0 saturated carbocycles. The lowest BCUT2D eigenvalue weighted by Gasteiger charge is -2.15. The molecule has 0 aliphatic rings. The van der Waals surface area contributed by atoms with Gasteiger partial charge in [-0.25, -0.2) is 0 Å². The largest absolute Gasteiger partial charge is 0.462 e. The van der Waals surface area contributed by atoms with E-state index < -0.39 is 6.10 Å². The molecule has 0 heterocycles. The van der Waals surface area contributed by atoms with E-state index in [-0.39, 0.29) is 31.1 Å². The predicted octanol–water partition coefficient (Wildman–Crippen LogP) is 7.95. The standard InChI is InChI=1S/C33H63NO6/c1-3-4-5-6-7-8-9-10-11-13-17-20-23-26-33(38)40-31(28-35)29-39-32(37)25-22-19-16-14-12-15-18-21-24-27-34-30(2)36/h31,35H,3-29H2,1-2H3,(H,34,36)/t31-/m1/s1. The number of nitrogens with one attached hydrogen (secondary N) is 1. The minimum absolute atomic E-state index is 0.0379. The summed E-state index contributed by atoms with van der Waals surface area (Å²) < 4.78 is 10.5. The number of rotatable bonds is 30. The highest BCUT2D eigenvalue weighted by molar-refractivity contribution is 5.72. The van der Waals surface area contributed by atoms with Crippen molar-refractivity contribution >= 4 is 17.8 Å². The highest BCUT2D eigenvalue weighted by atomic mass is 16.6. The second kappa shape index (κ2) is 30.3. The zero-order chi connectivity index (χ0) is 29.5. The van der Waals surface area contributed by atoms with Crippen LogP contribution in [0.2, 0.25) is 0 Å². The van der Waals surface area contributed by atoms with Gasteiger partial charge in [0.1, 0.15) is 6.61 Å². The van der Waals surface area contributed by atoms with Gasteiger partial charge in [0.2, 0.25) is 5.91 Å². The molecule has 0 aliphatic heterocycles. The van der Waals surface area contributed by atoms with Crippen molar-refractivity contribution in [1.29, 1.82) is 0 Å². The maximum atomic E-state index is 12.1. The Hall–Kier alpha value is -1.63. The van der Waals surface area contributed by atoms with E-state index in [1.807, 2.05) is 0 Å². The van der Waals surface area contributed by atoms with Gasteiger partial charge in [0.15, 0.2) is 6.10 Å². The van der Waals surface area contributed by atoms with E-state index in [1.54, 1.807) is 6.92 Å². The van der Waals surface area contributed by atoms with Crippen LogP contribution in [0.5, 0.6) is 0 Å². The van der Waals surface area contributed by atoms with Gasteiger partial charge in [-0.05, 0) is 19.3 Å². The molecule has 2 N–H and O–H groups in total. The fourth-order valence-electron chi connectivity index (χ4n) is 4.81. The molecule has 40 heavy (non-hydrogen) atoms. The Labute approximate surface area is 245 Å². The quantitative estimate of drug-likeness (QED) is 0.0672. The molecule has 0 rings (SSSR count). The van der Waals surface area contributed by atoms with Crippen LogP contribution in [0.1, 0.15) is 168 Å². The number of ether oxygens (including phenoxy) is 2. The molecule has 0 radical (unpaired) electrons. The molecule has 0 aromatic carbocycles. The van der Waals surface area contributed by atoms with Gasteiger partial charge in [-0.2, -0.15) is 0 Å². The molecule has 0 fully saturated rings. The van der Waals surface area contributed by atoms with Crippen LogP contribution >= 0.6 is 0 Å². The molecule has 0 aromatic rings. The van der Waals surface area contributed by atoms with Gasteiger partial charge in [0.05, 0.1) is 6.61 Å². The van der Waals surface area contributed by atoms with E-state index in [4.69, 9.17) is 9.47 Å². The normalized spacial score (nSPS) is 11.8. The van der Waals surface area contributed by atoms with Crippen molar-refractivity contribution in [1.82, 2.24) is 5.32 Å². The smallest absolute Gasteiger partial charge is 0.306 e. The van der Waals surface area contributed by atoms with Crippen molar-refractivity contribution in [2.24, 2.45) is 0 Å². The highest BCUT2D eigenvalue weighted by Crippen LogP contribution is 2.14. The number of carbonyl (C=O) groups excluding carboxylic acids is 3. The summed E-state index contributed by atoms with van der Waals surface area (Å²) in [5, 5.41) is 12.3. The van der Waals surface area contributed by atoms with E-state index in [1.165, 1.54) is 89.9 Å². The minimum Gasteiger partial charge on any atom is -0.462 e. The van der Waals surface area contributed by atoms with E-state index in [0.717, 1.165) is 57.9 Å². The van der Waals surface area contributed by atoms with Crippen molar-refractivity contribution < 1.29 is 29.0 Å². The van der Waals surface area contributed by atoms with E-state index in [2.05, 4.69) is 12.2 Å². The highest BCUT2D eigenvalue weighted by Gasteiger charge is 2.16. The summed E-state index contributed by atoms with van der Waals surface area (Å²) in [6, 6.07) is 0. The molecule has 0 spiro atoms. The SMILES string of the molecule is CCCCCCCCCCCCCCCC(=O)O[C@H](CO)COC(=O)CCCCCCCCCCCNC(C)=O. The number of hydrogen-bond acceptors (Lipinski definition) is 6. The molecule has 236 valence electrons.